The Morgan fingerprint density at radius 2 is 1.57 bits per heavy atom. The zero-order chi connectivity index (χ0) is 15.6. The number of halogens is 1. The molecule has 0 bridgehead atoms. The van der Waals surface area contributed by atoms with Crippen molar-refractivity contribution >= 4 is 34.6 Å². The molecule has 1 aromatic heterocycles. The SMILES string of the molecule is Clc1nc2c(c(N3CCN(c4ccccc4)CC3)n1)NC=CN2. The number of para-hydroxylation sites is 1. The van der Waals surface area contributed by atoms with Crippen molar-refractivity contribution in [3.8, 4) is 0 Å². The zero-order valence-electron chi connectivity index (χ0n) is 12.5. The van der Waals surface area contributed by atoms with Crippen LogP contribution < -0.4 is 20.4 Å². The minimum atomic E-state index is 0.258. The Bertz CT molecular complexity index is 725. The maximum Gasteiger partial charge on any atom is 0.226 e. The van der Waals surface area contributed by atoms with E-state index in [0.29, 0.717) is 5.82 Å². The van der Waals surface area contributed by atoms with Crippen LogP contribution in [0.15, 0.2) is 42.7 Å². The molecule has 2 aliphatic rings. The predicted molar refractivity (Wildman–Crippen MR) is 94.3 cm³/mol. The van der Waals surface area contributed by atoms with Crippen molar-refractivity contribution in [1.29, 1.82) is 0 Å². The van der Waals surface area contributed by atoms with E-state index in [9.17, 15) is 0 Å². The molecule has 3 heterocycles. The van der Waals surface area contributed by atoms with Gasteiger partial charge < -0.3 is 20.4 Å². The van der Waals surface area contributed by atoms with Crippen molar-refractivity contribution in [2.75, 3.05) is 46.6 Å². The molecule has 2 aromatic rings. The Morgan fingerprint density at radius 1 is 0.870 bits per heavy atom. The van der Waals surface area contributed by atoms with Crippen LogP contribution in [0.3, 0.4) is 0 Å². The Balaban J connectivity index is 1.54. The maximum atomic E-state index is 6.07. The molecule has 0 amide bonds. The quantitative estimate of drug-likeness (QED) is 0.827. The summed E-state index contributed by atoms with van der Waals surface area (Å²) in [5.41, 5.74) is 2.14. The van der Waals surface area contributed by atoms with E-state index in [-0.39, 0.29) is 5.28 Å². The van der Waals surface area contributed by atoms with Crippen molar-refractivity contribution in [2.45, 2.75) is 0 Å². The monoisotopic (exact) mass is 328 g/mol. The molecule has 7 heteroatoms. The van der Waals surface area contributed by atoms with Crippen molar-refractivity contribution in [2.24, 2.45) is 0 Å². The molecule has 0 aliphatic carbocycles. The van der Waals surface area contributed by atoms with Gasteiger partial charge >= 0.3 is 0 Å². The number of benzene rings is 1. The number of piperazine rings is 1. The van der Waals surface area contributed by atoms with Crippen LogP contribution in [-0.4, -0.2) is 36.1 Å². The number of nitrogens with zero attached hydrogens (tertiary/aromatic N) is 4. The predicted octanol–water partition coefficient (Wildman–Crippen LogP) is 2.77. The van der Waals surface area contributed by atoms with Crippen molar-refractivity contribution < 1.29 is 0 Å². The van der Waals surface area contributed by atoms with Crippen LogP contribution in [0.1, 0.15) is 0 Å². The molecule has 1 saturated heterocycles. The van der Waals surface area contributed by atoms with Gasteiger partial charge in [-0.1, -0.05) is 18.2 Å². The van der Waals surface area contributed by atoms with Gasteiger partial charge in [-0.05, 0) is 23.7 Å². The molecule has 0 radical (unpaired) electrons. The summed E-state index contributed by atoms with van der Waals surface area (Å²) in [6.45, 7) is 3.67. The van der Waals surface area contributed by atoms with E-state index in [1.54, 1.807) is 6.20 Å². The second-order valence-corrected chi connectivity index (χ2v) is 5.81. The van der Waals surface area contributed by atoms with Gasteiger partial charge in [-0.25, -0.2) is 0 Å². The summed E-state index contributed by atoms with van der Waals surface area (Å²) in [5, 5.41) is 6.58. The number of hydrogen-bond donors (Lipinski definition) is 2. The summed E-state index contributed by atoms with van der Waals surface area (Å²) in [4.78, 5) is 13.3. The third-order valence-corrected chi connectivity index (χ3v) is 4.26. The fourth-order valence-electron chi connectivity index (χ4n) is 2.95. The van der Waals surface area contributed by atoms with E-state index in [2.05, 4.69) is 54.7 Å². The van der Waals surface area contributed by atoms with Gasteiger partial charge in [-0.2, -0.15) is 9.97 Å². The largest absolute Gasteiger partial charge is 0.368 e. The standard InChI is InChI=1S/C16H17ClN6/c17-16-20-14-13(18-6-7-19-14)15(21-16)23-10-8-22(9-11-23)12-4-2-1-3-5-12/h1-7,18H,8-11H2,(H,19,20,21). The van der Waals surface area contributed by atoms with Crippen molar-refractivity contribution in [1.82, 2.24) is 9.97 Å². The average molecular weight is 329 g/mol. The molecule has 6 nitrogen and oxygen atoms in total. The topological polar surface area (TPSA) is 56.3 Å². The Morgan fingerprint density at radius 3 is 2.35 bits per heavy atom. The van der Waals surface area contributed by atoms with Gasteiger partial charge in [0, 0.05) is 44.3 Å². The van der Waals surface area contributed by atoms with E-state index in [4.69, 9.17) is 11.6 Å². The molecule has 1 fully saturated rings. The fraction of sp³-hybridized carbons (Fsp3) is 0.250. The highest BCUT2D eigenvalue weighted by molar-refractivity contribution is 6.28. The molecular formula is C16H17ClN6. The maximum absolute atomic E-state index is 6.07. The first-order valence-electron chi connectivity index (χ1n) is 7.62. The van der Waals surface area contributed by atoms with Gasteiger partial charge in [0.05, 0.1) is 0 Å². The lowest BCUT2D eigenvalue weighted by Gasteiger charge is -2.37. The average Bonchev–Trinajstić information content (AvgIpc) is 2.62. The zero-order valence-corrected chi connectivity index (χ0v) is 13.3. The van der Waals surface area contributed by atoms with Crippen LogP contribution >= 0.6 is 11.6 Å². The van der Waals surface area contributed by atoms with Crippen molar-refractivity contribution in [3.63, 3.8) is 0 Å². The lowest BCUT2D eigenvalue weighted by molar-refractivity contribution is 0.647. The number of hydrogen-bond acceptors (Lipinski definition) is 6. The molecular weight excluding hydrogens is 312 g/mol. The summed E-state index contributed by atoms with van der Waals surface area (Å²) in [5.74, 6) is 1.57. The lowest BCUT2D eigenvalue weighted by atomic mass is 10.2. The second-order valence-electron chi connectivity index (χ2n) is 5.47. The van der Waals surface area contributed by atoms with Crippen LogP contribution in [0.2, 0.25) is 5.28 Å². The lowest BCUT2D eigenvalue weighted by Crippen LogP contribution is -2.47. The summed E-state index contributed by atoms with van der Waals surface area (Å²) >= 11 is 6.07. The molecule has 0 unspecified atom stereocenters. The Kier molecular flexibility index (Phi) is 3.67. The van der Waals surface area contributed by atoms with Gasteiger partial charge in [0.15, 0.2) is 11.6 Å². The fourth-order valence-corrected chi connectivity index (χ4v) is 3.11. The van der Waals surface area contributed by atoms with Crippen molar-refractivity contribution in [3.05, 3.63) is 48.0 Å². The Labute approximate surface area is 139 Å². The van der Waals surface area contributed by atoms with Crippen LogP contribution in [0.5, 0.6) is 0 Å². The van der Waals surface area contributed by atoms with Gasteiger partial charge in [0.2, 0.25) is 5.28 Å². The molecule has 2 N–H and O–H groups in total. The first-order valence-corrected chi connectivity index (χ1v) is 7.99. The molecule has 0 atom stereocenters. The smallest absolute Gasteiger partial charge is 0.226 e. The van der Waals surface area contributed by atoms with Gasteiger partial charge in [0.1, 0.15) is 5.69 Å². The van der Waals surface area contributed by atoms with E-state index in [1.807, 2.05) is 12.3 Å². The van der Waals surface area contributed by atoms with Crippen LogP contribution in [0, 0.1) is 0 Å². The molecule has 0 spiro atoms. The van der Waals surface area contributed by atoms with Crippen LogP contribution in [-0.2, 0) is 0 Å². The minimum Gasteiger partial charge on any atom is -0.368 e. The highest BCUT2D eigenvalue weighted by Crippen LogP contribution is 2.34. The summed E-state index contributed by atoms with van der Waals surface area (Å²) in [6, 6.07) is 10.5. The highest BCUT2D eigenvalue weighted by atomic mass is 35.5. The normalized spacial score (nSPS) is 16.6. The van der Waals surface area contributed by atoms with E-state index >= 15 is 0 Å². The van der Waals surface area contributed by atoms with E-state index < -0.39 is 0 Å². The number of fused-ring (bicyclic) bond motifs is 1. The molecule has 23 heavy (non-hydrogen) atoms. The summed E-state index contributed by atoms with van der Waals surface area (Å²) < 4.78 is 0. The molecule has 118 valence electrons. The second kappa shape index (κ2) is 5.96. The number of aromatic nitrogens is 2. The van der Waals surface area contributed by atoms with Crippen LogP contribution in [0.25, 0.3) is 0 Å². The Hall–Kier alpha value is -2.47. The van der Waals surface area contributed by atoms with Gasteiger partial charge in [-0.15, -0.1) is 0 Å². The summed E-state index contributed by atoms with van der Waals surface area (Å²) in [7, 11) is 0. The third-order valence-electron chi connectivity index (χ3n) is 4.09. The summed E-state index contributed by atoms with van der Waals surface area (Å²) in [6.07, 6.45) is 3.63. The number of nitrogens with one attached hydrogen (secondary N) is 2. The van der Waals surface area contributed by atoms with Gasteiger partial charge in [0.25, 0.3) is 0 Å². The minimum absolute atomic E-state index is 0.258. The first kappa shape index (κ1) is 14.1. The molecule has 4 rings (SSSR count). The van der Waals surface area contributed by atoms with Crippen LogP contribution in [0.4, 0.5) is 23.0 Å². The molecule has 2 aliphatic heterocycles. The highest BCUT2D eigenvalue weighted by Gasteiger charge is 2.24. The number of rotatable bonds is 2. The van der Waals surface area contributed by atoms with E-state index in [1.165, 1.54) is 5.69 Å². The van der Waals surface area contributed by atoms with E-state index in [0.717, 1.165) is 37.7 Å². The molecule has 1 aromatic carbocycles. The first-order chi connectivity index (χ1) is 11.3. The molecule has 0 saturated carbocycles. The third kappa shape index (κ3) is 2.77. The van der Waals surface area contributed by atoms with Gasteiger partial charge in [-0.3, -0.25) is 0 Å². The number of anilines is 4.